The van der Waals surface area contributed by atoms with Crippen LogP contribution in [0.1, 0.15) is 38.1 Å². The first-order chi connectivity index (χ1) is 12.8. The molecular formula is C20H31N5O2. The lowest BCUT2D eigenvalue weighted by atomic mass is 9.92. The van der Waals surface area contributed by atoms with Crippen LogP contribution in [0.4, 0.5) is 0 Å². The van der Waals surface area contributed by atoms with E-state index < -0.39 is 0 Å². The molecule has 0 atom stereocenters. The largest absolute Gasteiger partial charge is 0.446 e. The molecule has 0 unspecified atom stereocenters. The summed E-state index contributed by atoms with van der Waals surface area (Å²) in [4.78, 5) is 21.1. The van der Waals surface area contributed by atoms with Gasteiger partial charge in [-0.05, 0) is 6.07 Å². The molecule has 0 bridgehead atoms. The van der Waals surface area contributed by atoms with Gasteiger partial charge in [-0.1, -0.05) is 20.8 Å². The molecule has 0 radical (unpaired) electrons. The van der Waals surface area contributed by atoms with Gasteiger partial charge in [-0.3, -0.25) is 9.69 Å². The van der Waals surface area contributed by atoms with E-state index in [0.717, 1.165) is 63.0 Å². The van der Waals surface area contributed by atoms with Gasteiger partial charge in [-0.15, -0.1) is 0 Å². The number of nitrogens with zero attached hydrogens (tertiary/aromatic N) is 5. The molecule has 1 aliphatic heterocycles. The topological polar surface area (TPSA) is 67.4 Å². The van der Waals surface area contributed by atoms with Crippen LogP contribution >= 0.6 is 0 Å². The fourth-order valence-electron chi connectivity index (χ4n) is 3.27. The minimum atomic E-state index is -0.0525. The van der Waals surface area contributed by atoms with Gasteiger partial charge < -0.3 is 9.32 Å². The summed E-state index contributed by atoms with van der Waals surface area (Å²) in [5.74, 6) is 1.69. The van der Waals surface area contributed by atoms with Crippen LogP contribution in [-0.4, -0.2) is 63.8 Å². The van der Waals surface area contributed by atoms with Crippen molar-refractivity contribution in [3.05, 3.63) is 46.0 Å². The standard InChI is InChI=1S/C20H31N5O2/c1-16-21-15-17(27-16)7-8-23-9-11-24(12-10-23)13-14-25-19(26)6-5-18(22-25)20(2,3)4/h5-6,15H,7-14H2,1-4H3. The Bertz CT molecular complexity index is 797. The van der Waals surface area contributed by atoms with Gasteiger partial charge in [0.25, 0.3) is 5.56 Å². The van der Waals surface area contributed by atoms with Crippen molar-refractivity contribution in [2.45, 2.75) is 46.1 Å². The van der Waals surface area contributed by atoms with Gasteiger partial charge in [0.2, 0.25) is 0 Å². The van der Waals surface area contributed by atoms with Crippen LogP contribution in [0.5, 0.6) is 0 Å². The molecule has 7 nitrogen and oxygen atoms in total. The Hall–Kier alpha value is -1.99. The SMILES string of the molecule is Cc1ncc(CCN2CCN(CCn3nc(C(C)(C)C)ccc3=O)CC2)o1. The zero-order valence-electron chi connectivity index (χ0n) is 16.9. The molecule has 0 aromatic carbocycles. The average molecular weight is 374 g/mol. The van der Waals surface area contributed by atoms with E-state index in [9.17, 15) is 4.79 Å². The molecule has 3 rings (SSSR count). The van der Waals surface area contributed by atoms with E-state index in [0.29, 0.717) is 6.54 Å². The summed E-state index contributed by atoms with van der Waals surface area (Å²) in [6.07, 6.45) is 2.72. The first-order valence-corrected chi connectivity index (χ1v) is 9.76. The number of hydrogen-bond acceptors (Lipinski definition) is 6. The Labute approximate surface area is 161 Å². The molecular weight excluding hydrogens is 342 g/mol. The van der Waals surface area contributed by atoms with Crippen LogP contribution < -0.4 is 5.56 Å². The molecule has 2 aromatic heterocycles. The number of aromatic nitrogens is 3. The Morgan fingerprint density at radius 3 is 2.30 bits per heavy atom. The van der Waals surface area contributed by atoms with Gasteiger partial charge in [0.15, 0.2) is 5.89 Å². The molecule has 7 heteroatoms. The Morgan fingerprint density at radius 2 is 1.70 bits per heavy atom. The molecule has 0 spiro atoms. The monoisotopic (exact) mass is 373 g/mol. The van der Waals surface area contributed by atoms with Gasteiger partial charge in [-0.25, -0.2) is 9.67 Å². The van der Waals surface area contributed by atoms with E-state index in [2.05, 4.69) is 40.7 Å². The second-order valence-corrected chi connectivity index (χ2v) is 8.31. The summed E-state index contributed by atoms with van der Waals surface area (Å²) >= 11 is 0. The van der Waals surface area contributed by atoms with Gasteiger partial charge in [0, 0.05) is 64.1 Å². The number of piperazine rings is 1. The number of oxazole rings is 1. The smallest absolute Gasteiger partial charge is 0.266 e. The first kappa shape index (κ1) is 19.8. The van der Waals surface area contributed by atoms with Crippen LogP contribution in [0, 0.1) is 6.92 Å². The van der Waals surface area contributed by atoms with Gasteiger partial charge >= 0.3 is 0 Å². The predicted molar refractivity (Wildman–Crippen MR) is 105 cm³/mol. The fourth-order valence-corrected chi connectivity index (χ4v) is 3.27. The highest BCUT2D eigenvalue weighted by Gasteiger charge is 2.19. The minimum absolute atomic E-state index is 0.0241. The summed E-state index contributed by atoms with van der Waals surface area (Å²) in [6.45, 7) is 14.8. The lowest BCUT2D eigenvalue weighted by Gasteiger charge is -2.34. The van der Waals surface area contributed by atoms with Crippen LogP contribution in [0.3, 0.4) is 0 Å². The highest BCUT2D eigenvalue weighted by Crippen LogP contribution is 2.18. The molecule has 2 aromatic rings. The first-order valence-electron chi connectivity index (χ1n) is 9.76. The van der Waals surface area contributed by atoms with Gasteiger partial charge in [0.05, 0.1) is 18.4 Å². The third-order valence-corrected chi connectivity index (χ3v) is 5.07. The van der Waals surface area contributed by atoms with Crippen molar-refractivity contribution in [1.29, 1.82) is 0 Å². The van der Waals surface area contributed by atoms with E-state index in [1.54, 1.807) is 10.7 Å². The van der Waals surface area contributed by atoms with Crippen molar-refractivity contribution in [3.8, 4) is 0 Å². The molecule has 0 saturated carbocycles. The van der Waals surface area contributed by atoms with Crippen molar-refractivity contribution < 1.29 is 4.42 Å². The Morgan fingerprint density at radius 1 is 1.04 bits per heavy atom. The summed E-state index contributed by atoms with van der Waals surface area (Å²) in [6, 6.07) is 3.48. The predicted octanol–water partition coefficient (Wildman–Crippen LogP) is 1.70. The highest BCUT2D eigenvalue weighted by molar-refractivity contribution is 5.10. The zero-order chi connectivity index (χ0) is 19.4. The Balaban J connectivity index is 1.45. The molecule has 1 saturated heterocycles. The summed E-state index contributed by atoms with van der Waals surface area (Å²) in [7, 11) is 0. The van der Waals surface area contributed by atoms with Crippen molar-refractivity contribution in [2.24, 2.45) is 0 Å². The quantitative estimate of drug-likeness (QED) is 0.768. The maximum Gasteiger partial charge on any atom is 0.266 e. The molecule has 1 fully saturated rings. The second-order valence-electron chi connectivity index (χ2n) is 8.31. The van der Waals surface area contributed by atoms with Crippen molar-refractivity contribution in [2.75, 3.05) is 39.3 Å². The lowest BCUT2D eigenvalue weighted by molar-refractivity contribution is 0.127. The van der Waals surface area contributed by atoms with Crippen molar-refractivity contribution in [1.82, 2.24) is 24.6 Å². The molecule has 0 amide bonds. The molecule has 3 heterocycles. The van der Waals surface area contributed by atoms with E-state index >= 15 is 0 Å². The van der Waals surface area contributed by atoms with Crippen LogP contribution in [0.25, 0.3) is 0 Å². The molecule has 0 aliphatic carbocycles. The maximum atomic E-state index is 12.1. The third-order valence-electron chi connectivity index (χ3n) is 5.07. The van der Waals surface area contributed by atoms with E-state index in [1.165, 1.54) is 0 Å². The maximum absolute atomic E-state index is 12.1. The third kappa shape index (κ3) is 5.49. The number of hydrogen-bond donors (Lipinski definition) is 0. The lowest BCUT2D eigenvalue weighted by Crippen LogP contribution is -2.48. The number of rotatable bonds is 6. The molecule has 0 N–H and O–H groups in total. The normalized spacial score (nSPS) is 16.7. The highest BCUT2D eigenvalue weighted by atomic mass is 16.4. The summed E-state index contributed by atoms with van der Waals surface area (Å²) < 4.78 is 7.15. The summed E-state index contributed by atoms with van der Waals surface area (Å²) in [5.41, 5.74) is 0.877. The van der Waals surface area contributed by atoms with E-state index in [-0.39, 0.29) is 11.0 Å². The van der Waals surface area contributed by atoms with Crippen molar-refractivity contribution >= 4 is 0 Å². The zero-order valence-corrected chi connectivity index (χ0v) is 16.9. The van der Waals surface area contributed by atoms with Crippen LogP contribution in [0.15, 0.2) is 27.5 Å². The van der Waals surface area contributed by atoms with Crippen LogP contribution in [-0.2, 0) is 18.4 Å². The molecule has 148 valence electrons. The summed E-state index contributed by atoms with van der Waals surface area (Å²) in [5, 5.41) is 4.56. The van der Waals surface area contributed by atoms with Gasteiger partial charge in [0.1, 0.15) is 5.76 Å². The van der Waals surface area contributed by atoms with Crippen molar-refractivity contribution in [3.63, 3.8) is 0 Å². The average Bonchev–Trinajstić information content (AvgIpc) is 3.04. The number of aryl methyl sites for hydroxylation is 1. The van der Waals surface area contributed by atoms with E-state index in [4.69, 9.17) is 4.42 Å². The van der Waals surface area contributed by atoms with Crippen LogP contribution in [0.2, 0.25) is 0 Å². The minimum Gasteiger partial charge on any atom is -0.446 e. The van der Waals surface area contributed by atoms with Gasteiger partial charge in [-0.2, -0.15) is 5.10 Å². The molecule has 27 heavy (non-hydrogen) atoms. The second kappa shape index (κ2) is 8.35. The Kier molecular flexibility index (Phi) is 6.11. The fraction of sp³-hybridized carbons (Fsp3) is 0.650. The van der Waals surface area contributed by atoms with E-state index in [1.807, 2.05) is 19.2 Å². The molecule has 1 aliphatic rings.